The first-order valence-corrected chi connectivity index (χ1v) is 11.4. The van der Waals surface area contributed by atoms with Crippen LogP contribution in [0.1, 0.15) is 13.3 Å². The van der Waals surface area contributed by atoms with Crippen molar-refractivity contribution >= 4 is 74.9 Å². The lowest BCUT2D eigenvalue weighted by atomic mass is 10.3. The van der Waals surface area contributed by atoms with Crippen molar-refractivity contribution in [3.05, 3.63) is 46.4 Å². The lowest BCUT2D eigenvalue weighted by Gasteiger charge is -2.17. The van der Waals surface area contributed by atoms with Crippen molar-refractivity contribution in [2.24, 2.45) is 4.99 Å². The molecule has 33 heavy (non-hydrogen) atoms. The van der Waals surface area contributed by atoms with Crippen LogP contribution in [0.5, 0.6) is 11.5 Å². The molecule has 2 aromatic rings. The second kappa shape index (κ2) is 10.3. The molecule has 1 aliphatic heterocycles. The van der Waals surface area contributed by atoms with Gasteiger partial charge in [0.15, 0.2) is 10.9 Å². The van der Waals surface area contributed by atoms with E-state index in [2.05, 4.69) is 15.0 Å². The Morgan fingerprint density at radius 2 is 1.88 bits per heavy atom. The molecule has 0 aromatic heterocycles. The van der Waals surface area contributed by atoms with Gasteiger partial charge >= 0.3 is 5.57 Å². The summed E-state index contributed by atoms with van der Waals surface area (Å²) in [6.07, 6.45) is -0.0942. The minimum atomic E-state index is -3.88. The van der Waals surface area contributed by atoms with Crippen molar-refractivity contribution < 1.29 is 28.2 Å². The highest BCUT2D eigenvalue weighted by Gasteiger charge is 2.41. The Morgan fingerprint density at radius 1 is 1.27 bits per heavy atom. The standard InChI is InChI=1S/C20H16Cl3F2N3O4S/c1-2-26-19(27-10-7-13(21)17(30)14(22)8-10)33-15-9-16(29)28(18(15)31)11-3-5-12(6-4-11)32-20(23,24)25/h3-8,15,30H,2,9H2,1H3,(H,26,27)/t15-/m1/s1. The first kappa shape index (κ1) is 25.4. The van der Waals surface area contributed by atoms with Crippen molar-refractivity contribution in [2.45, 2.75) is 24.2 Å². The van der Waals surface area contributed by atoms with Crippen LogP contribution in [0.15, 0.2) is 41.4 Å². The van der Waals surface area contributed by atoms with Crippen LogP contribution in [0.3, 0.4) is 0 Å². The number of ether oxygens (including phenoxy) is 1. The van der Waals surface area contributed by atoms with E-state index in [9.17, 15) is 23.5 Å². The van der Waals surface area contributed by atoms with Gasteiger partial charge in [0, 0.05) is 30.3 Å². The van der Waals surface area contributed by atoms with Gasteiger partial charge < -0.3 is 15.2 Å². The quantitative estimate of drug-likeness (QED) is 0.161. The number of nitrogens with zero attached hydrogens (tertiary/aromatic N) is 2. The Bertz CT molecular complexity index is 1070. The lowest BCUT2D eigenvalue weighted by Crippen LogP contribution is -2.31. The molecule has 0 aliphatic carbocycles. The molecule has 0 saturated carbocycles. The third-order valence-electron chi connectivity index (χ3n) is 4.26. The molecule has 1 fully saturated rings. The maximum Gasteiger partial charge on any atom is 0.487 e. The summed E-state index contributed by atoms with van der Waals surface area (Å²) in [5.74, 6) is -1.44. The second-order valence-corrected chi connectivity index (χ2v) is 9.06. The van der Waals surface area contributed by atoms with Gasteiger partial charge in [-0.2, -0.15) is 0 Å². The molecule has 1 saturated heterocycles. The molecule has 13 heteroatoms. The molecule has 0 bridgehead atoms. The van der Waals surface area contributed by atoms with Gasteiger partial charge in [-0.25, -0.2) is 4.90 Å². The van der Waals surface area contributed by atoms with E-state index < -0.39 is 22.6 Å². The average molecular weight is 539 g/mol. The molecule has 7 nitrogen and oxygen atoms in total. The molecule has 176 valence electrons. The fourth-order valence-corrected chi connectivity index (χ4v) is 4.57. The highest BCUT2D eigenvalue weighted by molar-refractivity contribution is 8.15. The van der Waals surface area contributed by atoms with E-state index in [1.165, 1.54) is 36.4 Å². The number of aliphatic imine (C=N–C) groups is 1. The third-order valence-corrected chi connectivity index (χ3v) is 6.02. The summed E-state index contributed by atoms with van der Waals surface area (Å²) in [4.78, 5) is 30.7. The molecule has 1 atom stereocenters. The largest absolute Gasteiger partial charge is 0.505 e. The first-order valence-electron chi connectivity index (χ1n) is 9.37. The number of benzene rings is 2. The summed E-state index contributed by atoms with van der Waals surface area (Å²) in [7, 11) is 0. The number of carbonyl (C=O) groups excluding carboxylic acids is 2. The Morgan fingerprint density at radius 3 is 2.42 bits per heavy atom. The van der Waals surface area contributed by atoms with E-state index in [0.29, 0.717) is 17.4 Å². The minimum absolute atomic E-state index is 0.0310. The van der Waals surface area contributed by atoms with Crippen LogP contribution in [-0.4, -0.2) is 39.5 Å². The molecule has 1 heterocycles. The molecule has 2 amide bonds. The number of alkyl halides is 3. The summed E-state index contributed by atoms with van der Waals surface area (Å²) in [6.45, 7) is 2.18. The van der Waals surface area contributed by atoms with Crippen molar-refractivity contribution in [3.63, 3.8) is 0 Å². The number of thioether (sulfide) groups is 1. The summed E-state index contributed by atoms with van der Waals surface area (Å²) in [6, 6.07) is 7.85. The van der Waals surface area contributed by atoms with Crippen molar-refractivity contribution in [3.8, 4) is 11.5 Å². The lowest BCUT2D eigenvalue weighted by molar-refractivity contribution is -0.121. The predicted octanol–water partition coefficient (Wildman–Crippen LogP) is 5.72. The van der Waals surface area contributed by atoms with E-state index in [1.54, 1.807) is 6.92 Å². The number of imide groups is 1. The van der Waals surface area contributed by atoms with Gasteiger partial charge in [-0.15, -0.1) is 8.78 Å². The number of halogens is 5. The Labute approximate surface area is 206 Å². The van der Waals surface area contributed by atoms with Crippen LogP contribution >= 0.6 is 46.6 Å². The molecule has 3 rings (SSSR count). The van der Waals surface area contributed by atoms with Crippen LogP contribution < -0.4 is 15.0 Å². The highest BCUT2D eigenvalue weighted by atomic mass is 35.5. The second-order valence-electron chi connectivity index (χ2n) is 6.61. The molecular weight excluding hydrogens is 523 g/mol. The zero-order valence-corrected chi connectivity index (χ0v) is 19.9. The van der Waals surface area contributed by atoms with Gasteiger partial charge in [-0.3, -0.25) is 14.6 Å². The SMILES string of the molecule is CCN=C(Nc1cc(Cl)c(O)c(Cl)c1)S[C@@H]1CC(=O)N(c2ccc(OC(F)(F)Cl)cc2)C1=O. The van der Waals surface area contributed by atoms with E-state index in [0.717, 1.165) is 16.7 Å². The van der Waals surface area contributed by atoms with Gasteiger partial charge in [0.25, 0.3) is 0 Å². The number of phenolic OH excluding ortho intramolecular Hbond substituents is 1. The van der Waals surface area contributed by atoms with Crippen molar-refractivity contribution in [1.82, 2.24) is 0 Å². The average Bonchev–Trinajstić information content (AvgIpc) is 2.99. The number of hydrogen-bond donors (Lipinski definition) is 2. The third kappa shape index (κ3) is 6.41. The predicted molar refractivity (Wildman–Crippen MR) is 126 cm³/mol. The number of rotatable bonds is 6. The summed E-state index contributed by atoms with van der Waals surface area (Å²) >= 11 is 17.7. The normalized spacial score (nSPS) is 17.0. The number of amides is 2. The van der Waals surface area contributed by atoms with Crippen molar-refractivity contribution in [1.29, 1.82) is 0 Å². The number of anilines is 2. The smallest absolute Gasteiger partial charge is 0.487 e. The molecule has 0 radical (unpaired) electrons. The van der Waals surface area contributed by atoms with Crippen LogP contribution in [0.25, 0.3) is 0 Å². The van der Waals surface area contributed by atoms with E-state index >= 15 is 0 Å². The number of nitrogens with one attached hydrogen (secondary N) is 1. The molecule has 2 N–H and O–H groups in total. The summed E-state index contributed by atoms with van der Waals surface area (Å²) in [5, 5.41) is 12.3. The fraction of sp³-hybridized carbons (Fsp3) is 0.250. The summed E-state index contributed by atoms with van der Waals surface area (Å²) < 4.78 is 29.8. The fourth-order valence-electron chi connectivity index (χ4n) is 2.91. The monoisotopic (exact) mass is 537 g/mol. The molecular formula is C20H16Cl3F2N3O4S. The Hall–Kier alpha value is -2.27. The minimum Gasteiger partial charge on any atom is -0.505 e. The number of phenols is 1. The van der Waals surface area contributed by atoms with Crippen molar-refractivity contribution in [2.75, 3.05) is 16.8 Å². The molecule has 1 aliphatic rings. The Kier molecular flexibility index (Phi) is 7.94. The van der Waals surface area contributed by atoms with Gasteiger partial charge in [-0.05, 0) is 43.3 Å². The number of hydrogen-bond acceptors (Lipinski definition) is 6. The number of amidine groups is 1. The van der Waals surface area contributed by atoms with Gasteiger partial charge in [0.2, 0.25) is 11.8 Å². The summed E-state index contributed by atoms with van der Waals surface area (Å²) in [5.41, 5.74) is -3.24. The van der Waals surface area contributed by atoms with E-state index in [4.69, 9.17) is 34.8 Å². The first-order chi connectivity index (χ1) is 15.5. The molecule has 0 spiro atoms. The zero-order valence-electron chi connectivity index (χ0n) is 16.8. The topological polar surface area (TPSA) is 91.2 Å². The van der Waals surface area contributed by atoms with Crippen LogP contribution in [0, 0.1) is 0 Å². The van der Waals surface area contributed by atoms with Gasteiger partial charge in [-0.1, -0.05) is 35.0 Å². The van der Waals surface area contributed by atoms with Crippen LogP contribution in [0.2, 0.25) is 10.0 Å². The van der Waals surface area contributed by atoms with Gasteiger partial charge in [0.1, 0.15) is 11.0 Å². The maximum absolute atomic E-state index is 12.9. The molecule has 0 unspecified atom stereocenters. The van der Waals surface area contributed by atoms with Crippen LogP contribution in [0.4, 0.5) is 20.2 Å². The van der Waals surface area contributed by atoms with Gasteiger partial charge in [0.05, 0.1) is 15.7 Å². The number of aromatic hydroxyl groups is 1. The zero-order chi connectivity index (χ0) is 24.3. The maximum atomic E-state index is 12.9. The van der Waals surface area contributed by atoms with E-state index in [-0.39, 0.29) is 33.7 Å². The Balaban J connectivity index is 1.74. The number of carbonyl (C=O) groups is 2. The molecule has 2 aromatic carbocycles. The van der Waals surface area contributed by atoms with Crippen LogP contribution in [-0.2, 0) is 9.59 Å². The highest BCUT2D eigenvalue weighted by Crippen LogP contribution is 2.36. The van der Waals surface area contributed by atoms with E-state index in [1.807, 2.05) is 0 Å².